The second kappa shape index (κ2) is 11.7. The molecule has 1 saturated carbocycles. The first-order valence-corrected chi connectivity index (χ1v) is 13.8. The normalized spacial score (nSPS) is 22.2. The summed E-state index contributed by atoms with van der Waals surface area (Å²) >= 11 is 0. The molecule has 10 heteroatoms. The van der Waals surface area contributed by atoms with Crippen molar-refractivity contribution in [3.8, 4) is 0 Å². The highest BCUT2D eigenvalue weighted by Crippen LogP contribution is 2.40. The smallest absolute Gasteiger partial charge is 0.416 e. The van der Waals surface area contributed by atoms with Crippen LogP contribution in [0.15, 0.2) is 49.2 Å². The topological polar surface area (TPSA) is 111 Å². The van der Waals surface area contributed by atoms with Crippen LogP contribution in [0.25, 0.3) is 0 Å². The van der Waals surface area contributed by atoms with Crippen LogP contribution in [-0.2, 0) is 9.53 Å². The molecule has 0 bridgehead atoms. The van der Waals surface area contributed by atoms with E-state index in [-0.39, 0.29) is 18.6 Å². The zero-order valence-electron chi connectivity index (χ0n) is 22.7. The van der Waals surface area contributed by atoms with E-state index in [0.717, 1.165) is 44.1 Å². The molecular weight excluding hydrogens is 496 g/mol. The maximum Gasteiger partial charge on any atom is 0.416 e. The Hall–Kier alpha value is -3.50. The zero-order valence-corrected chi connectivity index (χ0v) is 22.7. The fourth-order valence-corrected chi connectivity index (χ4v) is 5.44. The first-order chi connectivity index (χ1) is 18.8. The summed E-state index contributed by atoms with van der Waals surface area (Å²) < 4.78 is 5.13. The molecule has 1 aliphatic carbocycles. The molecule has 2 N–H and O–H groups in total. The summed E-state index contributed by atoms with van der Waals surface area (Å²) in [5, 5.41) is 13.4. The summed E-state index contributed by atoms with van der Waals surface area (Å²) in [6.45, 7) is 10.6. The van der Waals surface area contributed by atoms with Crippen LogP contribution in [0.2, 0.25) is 0 Å². The number of aliphatic hydroxyl groups is 1. The summed E-state index contributed by atoms with van der Waals surface area (Å²) in [6.07, 6.45) is 5.48. The van der Waals surface area contributed by atoms with Gasteiger partial charge in [-0.15, -0.1) is 0 Å². The highest BCUT2D eigenvalue weighted by molar-refractivity contribution is 5.89. The molecule has 4 atom stereocenters. The maximum atomic E-state index is 12.3. The molecule has 2 amide bonds. The molecule has 5 rings (SSSR count). The molecule has 2 saturated heterocycles. The number of hydrogen-bond acceptors (Lipinski definition) is 8. The van der Waals surface area contributed by atoms with Gasteiger partial charge in [-0.3, -0.25) is 14.6 Å². The van der Waals surface area contributed by atoms with E-state index in [4.69, 9.17) is 4.74 Å². The Morgan fingerprint density at radius 2 is 1.85 bits per heavy atom. The monoisotopic (exact) mass is 534 g/mol. The predicted octanol–water partition coefficient (Wildman–Crippen LogP) is 3.53. The summed E-state index contributed by atoms with van der Waals surface area (Å²) in [4.78, 5) is 38.9. The lowest BCUT2D eigenvalue weighted by molar-refractivity contribution is -0.128. The SMILES string of the molecule is C=CC(=O)N1CCN(C(CC2CC2)c2ccc([C@H](C)Nc3nccc(N4C(=O)OC[C@@H]4[C@@H](C)O)n3)cc2)CC1. The molecule has 39 heavy (non-hydrogen) atoms. The number of rotatable bonds is 10. The van der Waals surface area contributed by atoms with Gasteiger partial charge in [0.2, 0.25) is 11.9 Å². The van der Waals surface area contributed by atoms with Gasteiger partial charge < -0.3 is 20.1 Å². The number of piperazine rings is 1. The van der Waals surface area contributed by atoms with Crippen molar-refractivity contribution in [1.82, 2.24) is 19.8 Å². The Labute approximate surface area is 229 Å². The van der Waals surface area contributed by atoms with Crippen LogP contribution in [0.4, 0.5) is 16.6 Å². The molecular formula is C29H38N6O4. The first kappa shape index (κ1) is 27.1. The van der Waals surface area contributed by atoms with Crippen molar-refractivity contribution >= 4 is 23.8 Å². The van der Waals surface area contributed by atoms with E-state index in [1.807, 2.05) is 11.8 Å². The molecule has 3 fully saturated rings. The van der Waals surface area contributed by atoms with Gasteiger partial charge in [0.25, 0.3) is 0 Å². The maximum absolute atomic E-state index is 12.3. The van der Waals surface area contributed by atoms with Crippen LogP contribution in [0, 0.1) is 5.92 Å². The number of hydrogen-bond donors (Lipinski definition) is 2. The summed E-state index contributed by atoms with van der Waals surface area (Å²) in [5.74, 6) is 1.58. The average Bonchev–Trinajstić information content (AvgIpc) is 3.69. The van der Waals surface area contributed by atoms with Gasteiger partial charge in [-0.05, 0) is 49.5 Å². The third-order valence-electron chi connectivity index (χ3n) is 8.01. The molecule has 2 aromatic rings. The minimum Gasteiger partial charge on any atom is -0.447 e. The molecule has 1 aromatic heterocycles. The number of anilines is 2. The van der Waals surface area contributed by atoms with Gasteiger partial charge in [-0.2, -0.15) is 4.98 Å². The number of carbonyl (C=O) groups is 2. The fourth-order valence-electron chi connectivity index (χ4n) is 5.44. The summed E-state index contributed by atoms with van der Waals surface area (Å²) in [6, 6.07) is 10.2. The third-order valence-corrected chi connectivity index (χ3v) is 8.01. The van der Waals surface area contributed by atoms with Gasteiger partial charge in [0, 0.05) is 38.4 Å². The Morgan fingerprint density at radius 3 is 2.49 bits per heavy atom. The molecule has 1 unspecified atom stereocenters. The Morgan fingerprint density at radius 1 is 1.15 bits per heavy atom. The van der Waals surface area contributed by atoms with E-state index in [9.17, 15) is 14.7 Å². The van der Waals surface area contributed by atoms with E-state index in [2.05, 4.69) is 51.0 Å². The lowest BCUT2D eigenvalue weighted by Crippen LogP contribution is -2.49. The van der Waals surface area contributed by atoms with Crippen molar-refractivity contribution in [2.75, 3.05) is 43.0 Å². The predicted molar refractivity (Wildman–Crippen MR) is 148 cm³/mol. The van der Waals surface area contributed by atoms with Crippen molar-refractivity contribution in [1.29, 1.82) is 0 Å². The number of ether oxygens (including phenoxy) is 1. The van der Waals surface area contributed by atoms with Crippen LogP contribution < -0.4 is 10.2 Å². The largest absolute Gasteiger partial charge is 0.447 e. The van der Waals surface area contributed by atoms with Gasteiger partial charge in [0.05, 0.1) is 12.1 Å². The second-order valence-corrected chi connectivity index (χ2v) is 10.8. The molecule has 0 spiro atoms. The van der Waals surface area contributed by atoms with Gasteiger partial charge in [-0.25, -0.2) is 9.78 Å². The lowest BCUT2D eigenvalue weighted by Gasteiger charge is -2.39. The number of nitrogens with zero attached hydrogens (tertiary/aromatic N) is 5. The van der Waals surface area contributed by atoms with Crippen molar-refractivity contribution in [2.45, 2.75) is 57.3 Å². The molecule has 10 nitrogen and oxygen atoms in total. The molecule has 0 radical (unpaired) electrons. The second-order valence-electron chi connectivity index (χ2n) is 10.8. The fraction of sp³-hybridized carbons (Fsp3) is 0.517. The van der Waals surface area contributed by atoms with E-state index < -0.39 is 18.2 Å². The van der Waals surface area contributed by atoms with Crippen molar-refractivity contribution in [3.05, 3.63) is 60.3 Å². The highest BCUT2D eigenvalue weighted by Gasteiger charge is 2.38. The van der Waals surface area contributed by atoms with Crippen molar-refractivity contribution in [2.24, 2.45) is 5.92 Å². The number of aromatic nitrogens is 2. The number of aliphatic hydroxyl groups excluding tert-OH is 1. The van der Waals surface area contributed by atoms with Crippen LogP contribution in [-0.4, -0.2) is 81.8 Å². The van der Waals surface area contributed by atoms with Gasteiger partial charge >= 0.3 is 6.09 Å². The molecule has 3 heterocycles. The van der Waals surface area contributed by atoms with Crippen LogP contribution in [0.3, 0.4) is 0 Å². The van der Waals surface area contributed by atoms with Gasteiger partial charge in [0.1, 0.15) is 18.5 Å². The quantitative estimate of drug-likeness (QED) is 0.446. The Bertz CT molecular complexity index is 1180. The molecule has 2 aliphatic heterocycles. The Kier molecular flexibility index (Phi) is 8.13. The number of benzene rings is 1. The van der Waals surface area contributed by atoms with E-state index in [1.54, 1.807) is 19.2 Å². The highest BCUT2D eigenvalue weighted by atomic mass is 16.6. The molecule has 1 aromatic carbocycles. The molecule has 3 aliphatic rings. The minimum absolute atomic E-state index is 0.0110. The minimum atomic E-state index is -0.748. The van der Waals surface area contributed by atoms with Gasteiger partial charge in [0.15, 0.2) is 0 Å². The van der Waals surface area contributed by atoms with Crippen molar-refractivity contribution < 1.29 is 19.4 Å². The number of amides is 2. The summed E-state index contributed by atoms with van der Waals surface area (Å²) in [5.41, 5.74) is 2.40. The standard InChI is InChI=1S/C29H38N6O4/c1-4-27(37)34-15-13-33(14-16-34)24(17-21-5-6-21)23-9-7-22(8-10-23)19(2)31-28-30-12-11-26(32-28)35-25(20(3)36)18-39-29(35)38/h4,7-12,19-21,24-25,36H,1,5-6,13-18H2,2-3H3,(H,30,31,32)/t19-,20+,24?,25+/m0/s1. The molecule has 208 valence electrons. The van der Waals surface area contributed by atoms with E-state index >= 15 is 0 Å². The first-order valence-electron chi connectivity index (χ1n) is 13.8. The van der Waals surface area contributed by atoms with E-state index in [1.165, 1.54) is 29.4 Å². The third kappa shape index (κ3) is 6.23. The zero-order chi connectivity index (χ0) is 27.5. The van der Waals surface area contributed by atoms with Crippen LogP contribution in [0.5, 0.6) is 0 Å². The van der Waals surface area contributed by atoms with Crippen LogP contribution >= 0.6 is 0 Å². The number of cyclic esters (lactones) is 1. The van der Waals surface area contributed by atoms with E-state index in [0.29, 0.717) is 17.8 Å². The summed E-state index contributed by atoms with van der Waals surface area (Å²) in [7, 11) is 0. The van der Waals surface area contributed by atoms with Crippen molar-refractivity contribution in [3.63, 3.8) is 0 Å². The number of nitrogens with one attached hydrogen (secondary N) is 1. The lowest BCUT2D eigenvalue weighted by atomic mass is 9.96. The van der Waals surface area contributed by atoms with Gasteiger partial charge in [-0.1, -0.05) is 43.7 Å². The average molecular weight is 535 g/mol. The van der Waals surface area contributed by atoms with Crippen LogP contribution in [0.1, 0.15) is 56.3 Å². The number of carbonyl (C=O) groups excluding carboxylic acids is 2. The Balaban J connectivity index is 1.25.